The van der Waals surface area contributed by atoms with E-state index >= 15 is 0 Å². The number of unbranched alkanes of at least 4 members (excludes halogenated alkanes) is 1. The molecule has 1 heteroatoms. The second-order valence-electron chi connectivity index (χ2n) is 5.60. The molecule has 0 aromatic heterocycles. The van der Waals surface area contributed by atoms with Gasteiger partial charge in [0.05, 0.1) is 0 Å². The van der Waals surface area contributed by atoms with Crippen molar-refractivity contribution in [2.24, 2.45) is 5.92 Å². The molecule has 0 aliphatic rings. The molecule has 0 spiro atoms. The molecule has 2 unspecified atom stereocenters. The Labute approximate surface area is 119 Å². The molecule has 0 amide bonds. The largest absolute Gasteiger partial charge is 0.314 e. The third-order valence-electron chi connectivity index (χ3n) is 3.98. The van der Waals surface area contributed by atoms with Gasteiger partial charge in [0.15, 0.2) is 0 Å². The maximum absolute atomic E-state index is 3.67. The predicted octanol–water partition coefficient (Wildman–Crippen LogP) is 4.81. The summed E-state index contributed by atoms with van der Waals surface area (Å²) in [7, 11) is 0. The van der Waals surface area contributed by atoms with Gasteiger partial charge < -0.3 is 5.32 Å². The minimum absolute atomic E-state index is 0.634. The molecule has 1 nitrogen and oxygen atoms in total. The summed E-state index contributed by atoms with van der Waals surface area (Å²) < 4.78 is 0. The standard InChI is InChI=1S/C18H31N/c1-4-7-11-16(5-2)14-18(19-6-3)15-17-12-9-8-10-13-17/h8-10,12-13,16,18-19H,4-7,11,14-15H2,1-3H3. The Balaban J connectivity index is 2.51. The highest BCUT2D eigenvalue weighted by Crippen LogP contribution is 2.20. The molecule has 0 aliphatic heterocycles. The summed E-state index contributed by atoms with van der Waals surface area (Å²) in [5.74, 6) is 0.882. The van der Waals surface area contributed by atoms with Crippen molar-refractivity contribution in [3.8, 4) is 0 Å². The van der Waals surface area contributed by atoms with Crippen molar-refractivity contribution in [1.29, 1.82) is 0 Å². The van der Waals surface area contributed by atoms with E-state index in [0.29, 0.717) is 6.04 Å². The lowest BCUT2D eigenvalue weighted by molar-refractivity contribution is 0.350. The van der Waals surface area contributed by atoms with Crippen LogP contribution in [0.1, 0.15) is 58.4 Å². The molecule has 108 valence electrons. The van der Waals surface area contributed by atoms with Crippen molar-refractivity contribution in [2.75, 3.05) is 6.54 Å². The molecule has 0 aliphatic carbocycles. The summed E-state index contributed by atoms with van der Waals surface area (Å²) in [5.41, 5.74) is 1.46. The van der Waals surface area contributed by atoms with E-state index in [1.807, 2.05) is 0 Å². The highest BCUT2D eigenvalue weighted by Gasteiger charge is 2.14. The maximum atomic E-state index is 3.67. The SMILES string of the molecule is CCCCC(CC)CC(Cc1ccccc1)NCC. The Bertz CT molecular complexity index is 307. The van der Waals surface area contributed by atoms with Crippen molar-refractivity contribution >= 4 is 0 Å². The molecule has 0 bridgehead atoms. The van der Waals surface area contributed by atoms with Crippen LogP contribution < -0.4 is 5.32 Å². The van der Waals surface area contributed by atoms with E-state index in [9.17, 15) is 0 Å². The quantitative estimate of drug-likeness (QED) is 0.637. The van der Waals surface area contributed by atoms with Crippen molar-refractivity contribution < 1.29 is 0 Å². The van der Waals surface area contributed by atoms with Crippen molar-refractivity contribution in [3.63, 3.8) is 0 Å². The van der Waals surface area contributed by atoms with Crippen LogP contribution in [0.15, 0.2) is 30.3 Å². The van der Waals surface area contributed by atoms with Gasteiger partial charge in [0.1, 0.15) is 0 Å². The normalized spacial score (nSPS) is 14.3. The van der Waals surface area contributed by atoms with Gasteiger partial charge in [-0.3, -0.25) is 0 Å². The Morgan fingerprint density at radius 1 is 1.05 bits per heavy atom. The molecule has 1 N–H and O–H groups in total. The third kappa shape index (κ3) is 6.77. The van der Waals surface area contributed by atoms with Gasteiger partial charge in [0.25, 0.3) is 0 Å². The van der Waals surface area contributed by atoms with Crippen molar-refractivity contribution in [1.82, 2.24) is 5.32 Å². The minimum atomic E-state index is 0.634. The fourth-order valence-electron chi connectivity index (χ4n) is 2.81. The Kier molecular flexibility index (Phi) is 8.57. The van der Waals surface area contributed by atoms with Gasteiger partial charge in [-0.15, -0.1) is 0 Å². The average Bonchev–Trinajstić information content (AvgIpc) is 2.44. The number of nitrogens with one attached hydrogen (secondary N) is 1. The van der Waals surface area contributed by atoms with Crippen LogP contribution in [0.5, 0.6) is 0 Å². The van der Waals surface area contributed by atoms with Crippen molar-refractivity contribution in [2.45, 2.75) is 65.3 Å². The first-order chi connectivity index (χ1) is 9.30. The summed E-state index contributed by atoms with van der Waals surface area (Å²) >= 11 is 0. The van der Waals surface area contributed by atoms with Gasteiger partial charge in [-0.1, -0.05) is 76.8 Å². The Hall–Kier alpha value is -0.820. The molecular weight excluding hydrogens is 230 g/mol. The van der Waals surface area contributed by atoms with Crippen molar-refractivity contribution in [3.05, 3.63) is 35.9 Å². The van der Waals surface area contributed by atoms with E-state index in [2.05, 4.69) is 56.4 Å². The molecular formula is C18H31N. The van der Waals surface area contributed by atoms with Crippen LogP contribution in [-0.2, 0) is 6.42 Å². The first kappa shape index (κ1) is 16.2. The molecule has 0 saturated heterocycles. The number of hydrogen-bond donors (Lipinski definition) is 1. The lowest BCUT2D eigenvalue weighted by Gasteiger charge is -2.23. The van der Waals surface area contributed by atoms with E-state index in [1.54, 1.807) is 0 Å². The maximum Gasteiger partial charge on any atom is 0.0110 e. The Morgan fingerprint density at radius 3 is 2.37 bits per heavy atom. The van der Waals surface area contributed by atoms with Crippen LogP contribution in [0, 0.1) is 5.92 Å². The molecule has 0 fully saturated rings. The molecule has 1 aromatic rings. The lowest BCUT2D eigenvalue weighted by Crippen LogP contribution is -2.33. The second-order valence-corrected chi connectivity index (χ2v) is 5.60. The highest BCUT2D eigenvalue weighted by molar-refractivity contribution is 5.15. The summed E-state index contributed by atoms with van der Waals surface area (Å²) in [6.45, 7) is 7.91. The smallest absolute Gasteiger partial charge is 0.0110 e. The van der Waals surface area contributed by atoms with E-state index in [4.69, 9.17) is 0 Å². The minimum Gasteiger partial charge on any atom is -0.314 e. The Morgan fingerprint density at radius 2 is 1.79 bits per heavy atom. The molecule has 0 heterocycles. The summed E-state index contributed by atoms with van der Waals surface area (Å²) in [4.78, 5) is 0. The van der Waals surface area contributed by atoms with E-state index < -0.39 is 0 Å². The van der Waals surface area contributed by atoms with E-state index in [1.165, 1.54) is 37.7 Å². The molecule has 0 radical (unpaired) electrons. The molecule has 1 rings (SSSR count). The topological polar surface area (TPSA) is 12.0 Å². The lowest BCUT2D eigenvalue weighted by atomic mass is 9.89. The fraction of sp³-hybridized carbons (Fsp3) is 0.667. The van der Waals surface area contributed by atoms with Crippen LogP contribution in [0.25, 0.3) is 0 Å². The zero-order valence-corrected chi connectivity index (χ0v) is 13.0. The monoisotopic (exact) mass is 261 g/mol. The third-order valence-corrected chi connectivity index (χ3v) is 3.98. The van der Waals surface area contributed by atoms with E-state index in [-0.39, 0.29) is 0 Å². The first-order valence-corrected chi connectivity index (χ1v) is 8.07. The molecule has 2 atom stereocenters. The van der Waals surface area contributed by atoms with Crippen LogP contribution >= 0.6 is 0 Å². The highest BCUT2D eigenvalue weighted by atomic mass is 14.9. The first-order valence-electron chi connectivity index (χ1n) is 8.07. The average molecular weight is 261 g/mol. The summed E-state index contributed by atoms with van der Waals surface area (Å²) in [6.07, 6.45) is 7.89. The van der Waals surface area contributed by atoms with Crippen LogP contribution in [-0.4, -0.2) is 12.6 Å². The summed E-state index contributed by atoms with van der Waals surface area (Å²) in [5, 5.41) is 3.67. The van der Waals surface area contributed by atoms with Gasteiger partial charge in [0.2, 0.25) is 0 Å². The molecule has 1 aromatic carbocycles. The zero-order valence-electron chi connectivity index (χ0n) is 13.0. The number of benzene rings is 1. The van der Waals surface area contributed by atoms with Gasteiger partial charge in [-0.2, -0.15) is 0 Å². The second kappa shape index (κ2) is 10.0. The predicted molar refractivity (Wildman–Crippen MR) is 85.5 cm³/mol. The van der Waals surface area contributed by atoms with Gasteiger partial charge in [0, 0.05) is 6.04 Å². The van der Waals surface area contributed by atoms with Crippen LogP contribution in [0.2, 0.25) is 0 Å². The number of hydrogen-bond acceptors (Lipinski definition) is 1. The molecule has 0 saturated carbocycles. The van der Waals surface area contributed by atoms with Gasteiger partial charge >= 0.3 is 0 Å². The van der Waals surface area contributed by atoms with Gasteiger partial charge in [-0.05, 0) is 30.9 Å². The van der Waals surface area contributed by atoms with Crippen LogP contribution in [0.4, 0.5) is 0 Å². The fourth-order valence-corrected chi connectivity index (χ4v) is 2.81. The number of likely N-dealkylation sites (N-methyl/N-ethyl adjacent to an activating group) is 1. The summed E-state index contributed by atoms with van der Waals surface area (Å²) in [6, 6.07) is 11.5. The number of rotatable bonds is 10. The van der Waals surface area contributed by atoms with Crippen LogP contribution in [0.3, 0.4) is 0 Å². The molecule has 19 heavy (non-hydrogen) atoms. The zero-order chi connectivity index (χ0) is 13.9. The van der Waals surface area contributed by atoms with E-state index in [0.717, 1.165) is 18.9 Å². The van der Waals surface area contributed by atoms with Gasteiger partial charge in [-0.25, -0.2) is 0 Å².